The monoisotopic (exact) mass is 428 g/mol. The van der Waals surface area contributed by atoms with Crippen LogP contribution in [0, 0.1) is 5.41 Å². The van der Waals surface area contributed by atoms with Crippen LogP contribution < -0.4 is 5.32 Å². The molecule has 2 rings (SSSR count). The molecule has 30 heavy (non-hydrogen) atoms. The third-order valence-corrected chi connectivity index (χ3v) is 4.89. The molecule has 0 bridgehead atoms. The lowest BCUT2D eigenvalue weighted by Crippen LogP contribution is -2.72. The lowest BCUT2D eigenvalue weighted by molar-refractivity contribution is -0.171. The van der Waals surface area contributed by atoms with Crippen LogP contribution in [0.2, 0.25) is 0 Å². The van der Waals surface area contributed by atoms with E-state index in [0.717, 1.165) is 0 Å². The molecule has 9 nitrogen and oxygen atoms in total. The molecule has 1 saturated heterocycles. The summed E-state index contributed by atoms with van der Waals surface area (Å²) in [5, 5.41) is 2.83. The van der Waals surface area contributed by atoms with Gasteiger partial charge in [0.2, 0.25) is 5.91 Å². The van der Waals surface area contributed by atoms with Gasteiger partial charge in [-0.1, -0.05) is 13.8 Å². The Balaban J connectivity index is 0.00000218. The Morgan fingerprint density at radius 3 is 1.93 bits per heavy atom. The van der Waals surface area contributed by atoms with Crippen molar-refractivity contribution in [1.29, 1.82) is 0 Å². The van der Waals surface area contributed by atoms with Gasteiger partial charge in [-0.25, -0.2) is 4.79 Å². The van der Waals surface area contributed by atoms with Gasteiger partial charge < -0.3 is 24.4 Å². The van der Waals surface area contributed by atoms with Crippen LogP contribution in [0.25, 0.3) is 0 Å². The van der Waals surface area contributed by atoms with Crippen molar-refractivity contribution >= 4 is 23.9 Å². The molecule has 172 valence electrons. The van der Waals surface area contributed by atoms with E-state index in [1.165, 1.54) is 4.90 Å². The first kappa shape index (κ1) is 25.7. The Bertz CT molecular complexity index is 644. The second-order valence-electron chi connectivity index (χ2n) is 8.25. The van der Waals surface area contributed by atoms with E-state index in [9.17, 15) is 19.2 Å². The first-order valence-electron chi connectivity index (χ1n) is 10.6. The zero-order valence-corrected chi connectivity index (χ0v) is 19.3. The van der Waals surface area contributed by atoms with Gasteiger partial charge in [-0.2, -0.15) is 0 Å². The van der Waals surface area contributed by atoms with E-state index >= 15 is 0 Å². The van der Waals surface area contributed by atoms with Crippen LogP contribution in [0.5, 0.6) is 0 Å². The summed E-state index contributed by atoms with van der Waals surface area (Å²) in [6.07, 6.45) is 0.219. The summed E-state index contributed by atoms with van der Waals surface area (Å²) in [4.78, 5) is 50.3. The highest BCUT2D eigenvalue weighted by molar-refractivity contribution is 5.95. The van der Waals surface area contributed by atoms with E-state index in [4.69, 9.17) is 14.2 Å². The van der Waals surface area contributed by atoms with Crippen molar-refractivity contribution < 1.29 is 33.4 Å². The van der Waals surface area contributed by atoms with Crippen molar-refractivity contribution in [1.82, 2.24) is 10.2 Å². The summed E-state index contributed by atoms with van der Waals surface area (Å²) in [5.41, 5.74) is -2.50. The van der Waals surface area contributed by atoms with Crippen molar-refractivity contribution in [2.45, 2.75) is 78.9 Å². The van der Waals surface area contributed by atoms with Crippen LogP contribution in [-0.4, -0.2) is 66.3 Å². The van der Waals surface area contributed by atoms with Gasteiger partial charge in [-0.3, -0.25) is 14.4 Å². The largest absolute Gasteiger partial charge is 0.466 e. The van der Waals surface area contributed by atoms with Gasteiger partial charge >= 0.3 is 18.0 Å². The molecule has 1 saturated carbocycles. The van der Waals surface area contributed by atoms with Gasteiger partial charge in [0.25, 0.3) is 0 Å². The van der Waals surface area contributed by atoms with E-state index < -0.39 is 46.9 Å². The Labute approximate surface area is 178 Å². The highest BCUT2D eigenvalue weighted by atomic mass is 16.6. The minimum atomic E-state index is -1.04. The summed E-state index contributed by atoms with van der Waals surface area (Å²) in [6.45, 7) is 13.2. The molecule has 0 atom stereocenters. The van der Waals surface area contributed by atoms with Crippen LogP contribution in [0.15, 0.2) is 0 Å². The van der Waals surface area contributed by atoms with Crippen LogP contribution in [-0.2, 0) is 28.6 Å². The third kappa shape index (κ3) is 5.86. The van der Waals surface area contributed by atoms with Crippen LogP contribution in [0.3, 0.4) is 0 Å². The number of rotatable bonds is 7. The van der Waals surface area contributed by atoms with E-state index in [1.807, 2.05) is 13.8 Å². The number of likely N-dealkylation sites (tertiary alicyclic amines) is 1. The lowest BCUT2D eigenvalue weighted by Gasteiger charge is -2.52. The predicted molar refractivity (Wildman–Crippen MR) is 110 cm³/mol. The van der Waals surface area contributed by atoms with E-state index in [1.54, 1.807) is 34.6 Å². The van der Waals surface area contributed by atoms with E-state index in [-0.39, 0.29) is 26.3 Å². The molecule has 1 N–H and O–H groups in total. The Morgan fingerprint density at radius 2 is 1.50 bits per heavy atom. The second-order valence-corrected chi connectivity index (χ2v) is 8.25. The molecule has 1 aliphatic heterocycles. The van der Waals surface area contributed by atoms with Crippen molar-refractivity contribution in [2.24, 2.45) is 5.41 Å². The topological polar surface area (TPSA) is 111 Å². The number of amides is 2. The van der Waals surface area contributed by atoms with E-state index in [0.29, 0.717) is 12.8 Å². The van der Waals surface area contributed by atoms with Gasteiger partial charge in [0, 0.05) is 13.1 Å². The summed E-state index contributed by atoms with van der Waals surface area (Å²) in [5.74, 6) is -1.58. The number of carbonyl (C=O) groups is 4. The van der Waals surface area contributed by atoms with Gasteiger partial charge in [-0.15, -0.1) is 0 Å². The molecule has 0 radical (unpaired) electrons. The molecule has 0 aromatic heterocycles. The van der Waals surface area contributed by atoms with Gasteiger partial charge in [-0.05, 0) is 47.5 Å². The molecule has 9 heteroatoms. The number of hydrogen-bond acceptors (Lipinski definition) is 7. The average molecular weight is 429 g/mol. The quantitative estimate of drug-likeness (QED) is 0.376. The molecular weight excluding hydrogens is 392 g/mol. The van der Waals surface area contributed by atoms with Crippen LogP contribution >= 0.6 is 0 Å². The fourth-order valence-electron chi connectivity index (χ4n) is 3.46. The Kier molecular flexibility index (Phi) is 8.68. The summed E-state index contributed by atoms with van der Waals surface area (Å²) >= 11 is 0. The SMILES string of the molecule is CC.CCOC(=O)CC(=O)NC1(C2(C(=O)OCC)CN(C(=O)OC(C)(C)C)C2)CC1. The van der Waals surface area contributed by atoms with Crippen LogP contribution in [0.4, 0.5) is 4.79 Å². The van der Waals surface area contributed by atoms with Gasteiger partial charge in [0.15, 0.2) is 0 Å². The molecule has 0 unspecified atom stereocenters. The normalized spacial score (nSPS) is 18.0. The zero-order valence-electron chi connectivity index (χ0n) is 19.3. The molecule has 0 spiro atoms. The first-order valence-corrected chi connectivity index (χ1v) is 10.6. The van der Waals surface area contributed by atoms with Crippen molar-refractivity contribution in [3.05, 3.63) is 0 Å². The number of hydrogen-bond donors (Lipinski definition) is 1. The molecule has 1 aliphatic carbocycles. The minimum Gasteiger partial charge on any atom is -0.466 e. The fourth-order valence-corrected chi connectivity index (χ4v) is 3.46. The molecule has 0 aromatic rings. The second kappa shape index (κ2) is 10.1. The zero-order chi connectivity index (χ0) is 23.2. The molecule has 2 aliphatic rings. The number of nitrogens with one attached hydrogen (secondary N) is 1. The summed E-state index contributed by atoms with van der Waals surface area (Å²) in [7, 11) is 0. The maximum absolute atomic E-state index is 12.7. The molecule has 2 fully saturated rings. The average Bonchev–Trinajstić information content (AvgIpc) is 3.34. The summed E-state index contributed by atoms with van der Waals surface area (Å²) in [6, 6.07) is 0. The predicted octanol–water partition coefficient (Wildman–Crippen LogP) is 2.41. The van der Waals surface area contributed by atoms with Gasteiger partial charge in [0.05, 0.1) is 18.8 Å². The maximum atomic E-state index is 12.7. The standard InChI is InChI=1S/C19H30N2O7.C2H6/c1-6-26-14(23)10-13(22)20-19(8-9-19)18(15(24)27-7-2)11-21(12-18)16(25)28-17(3,4)5;1-2/h6-12H2,1-5H3,(H,20,22);1-2H3. The number of carbonyl (C=O) groups excluding carboxylic acids is 4. The van der Waals surface area contributed by atoms with Crippen molar-refractivity contribution in [2.75, 3.05) is 26.3 Å². The third-order valence-electron chi connectivity index (χ3n) is 4.89. The first-order chi connectivity index (χ1) is 14.0. The number of nitrogens with zero attached hydrogens (tertiary/aromatic N) is 1. The number of esters is 2. The molecule has 0 aromatic carbocycles. The van der Waals surface area contributed by atoms with Crippen molar-refractivity contribution in [3.8, 4) is 0 Å². The Hall–Kier alpha value is -2.32. The Morgan fingerprint density at radius 1 is 0.967 bits per heavy atom. The number of ether oxygens (including phenoxy) is 3. The van der Waals surface area contributed by atoms with Crippen molar-refractivity contribution in [3.63, 3.8) is 0 Å². The lowest BCUT2D eigenvalue weighted by atomic mass is 9.71. The summed E-state index contributed by atoms with van der Waals surface area (Å²) < 4.78 is 15.4. The molecular formula is C21H36N2O7. The van der Waals surface area contributed by atoms with E-state index in [2.05, 4.69) is 5.32 Å². The highest BCUT2D eigenvalue weighted by Gasteiger charge is 2.71. The maximum Gasteiger partial charge on any atom is 0.410 e. The van der Waals surface area contributed by atoms with Gasteiger partial charge in [0.1, 0.15) is 17.4 Å². The minimum absolute atomic E-state index is 0.0977. The smallest absolute Gasteiger partial charge is 0.410 e. The fraction of sp³-hybridized carbons (Fsp3) is 0.810. The molecule has 1 heterocycles. The molecule has 2 amide bonds. The van der Waals surface area contributed by atoms with Crippen LogP contribution in [0.1, 0.15) is 67.7 Å². The highest BCUT2D eigenvalue weighted by Crippen LogP contribution is 2.55.